The lowest BCUT2D eigenvalue weighted by Crippen LogP contribution is -2.24. The van der Waals surface area contributed by atoms with Gasteiger partial charge in [0, 0.05) is 12.4 Å². The largest absolute Gasteiger partial charge is 0.304 e. The molecular formula is C17H23N3. The van der Waals surface area contributed by atoms with Crippen molar-refractivity contribution in [2.45, 2.75) is 33.2 Å². The van der Waals surface area contributed by atoms with Gasteiger partial charge >= 0.3 is 0 Å². The van der Waals surface area contributed by atoms with Gasteiger partial charge in [0.2, 0.25) is 0 Å². The highest BCUT2D eigenvalue weighted by Gasteiger charge is 2.15. The smallest absolute Gasteiger partial charge is 0.149 e. The first kappa shape index (κ1) is 14.7. The van der Waals surface area contributed by atoms with E-state index in [0.29, 0.717) is 5.92 Å². The average Bonchev–Trinajstić information content (AvgIpc) is 2.45. The van der Waals surface area contributed by atoms with Gasteiger partial charge in [0.25, 0.3) is 0 Å². The number of nitrogens with zero attached hydrogens (tertiary/aromatic N) is 2. The van der Waals surface area contributed by atoms with Crippen LogP contribution in [-0.2, 0) is 6.42 Å². The van der Waals surface area contributed by atoms with Crippen molar-refractivity contribution in [3.05, 3.63) is 59.7 Å². The van der Waals surface area contributed by atoms with E-state index in [-0.39, 0.29) is 6.04 Å². The molecule has 0 saturated heterocycles. The minimum Gasteiger partial charge on any atom is -0.304 e. The molecule has 106 valence electrons. The highest BCUT2D eigenvalue weighted by molar-refractivity contribution is 5.30. The predicted molar refractivity (Wildman–Crippen MR) is 82.5 cm³/mol. The molecular weight excluding hydrogens is 246 g/mol. The molecule has 2 aromatic rings. The zero-order chi connectivity index (χ0) is 14.4. The van der Waals surface area contributed by atoms with Gasteiger partial charge in [-0.2, -0.15) is 0 Å². The van der Waals surface area contributed by atoms with Crippen molar-refractivity contribution in [3.8, 4) is 0 Å². The lowest BCUT2D eigenvalue weighted by atomic mass is 9.98. The van der Waals surface area contributed by atoms with E-state index >= 15 is 0 Å². The van der Waals surface area contributed by atoms with E-state index in [1.807, 2.05) is 6.07 Å². The van der Waals surface area contributed by atoms with E-state index in [2.05, 4.69) is 60.3 Å². The summed E-state index contributed by atoms with van der Waals surface area (Å²) >= 11 is 0. The zero-order valence-corrected chi connectivity index (χ0v) is 12.5. The molecule has 0 amide bonds. The maximum Gasteiger partial charge on any atom is 0.149 e. The molecule has 0 bridgehead atoms. The van der Waals surface area contributed by atoms with Gasteiger partial charge in [-0.1, -0.05) is 45.0 Å². The Hall–Kier alpha value is -1.74. The van der Waals surface area contributed by atoms with Crippen molar-refractivity contribution < 1.29 is 0 Å². The monoisotopic (exact) mass is 269 g/mol. The highest BCUT2D eigenvalue weighted by atomic mass is 15.0. The fraction of sp³-hybridized carbons (Fsp3) is 0.412. The van der Waals surface area contributed by atoms with Crippen molar-refractivity contribution in [1.82, 2.24) is 15.3 Å². The molecule has 0 fully saturated rings. The van der Waals surface area contributed by atoms with E-state index in [1.165, 1.54) is 11.1 Å². The first-order chi connectivity index (χ1) is 9.70. The van der Waals surface area contributed by atoms with Gasteiger partial charge in [-0.15, -0.1) is 0 Å². The van der Waals surface area contributed by atoms with Crippen LogP contribution in [0.5, 0.6) is 0 Å². The summed E-state index contributed by atoms with van der Waals surface area (Å²) in [6.07, 6.45) is 4.69. The molecule has 1 aromatic heterocycles. The van der Waals surface area contributed by atoms with Gasteiger partial charge in [0.05, 0.1) is 6.04 Å². The maximum absolute atomic E-state index is 4.39. The fourth-order valence-electron chi connectivity index (χ4n) is 2.39. The molecule has 20 heavy (non-hydrogen) atoms. The van der Waals surface area contributed by atoms with Crippen molar-refractivity contribution in [3.63, 3.8) is 0 Å². The molecule has 3 heteroatoms. The standard InChI is InChI=1S/C17H23N3/c1-4-18-16(17-19-9-6-10-20-17)15-8-5-7-14(12-15)11-13(2)3/h5-10,12-13,16,18H,4,11H2,1-3H3. The molecule has 2 rings (SSSR count). The summed E-state index contributed by atoms with van der Waals surface area (Å²) in [5.74, 6) is 1.49. The quantitative estimate of drug-likeness (QED) is 0.873. The molecule has 0 spiro atoms. The minimum absolute atomic E-state index is 0.0633. The minimum atomic E-state index is 0.0633. The number of hydrogen-bond acceptors (Lipinski definition) is 3. The van der Waals surface area contributed by atoms with Crippen molar-refractivity contribution >= 4 is 0 Å². The van der Waals surface area contributed by atoms with Gasteiger partial charge in [-0.25, -0.2) is 9.97 Å². The van der Waals surface area contributed by atoms with E-state index < -0.39 is 0 Å². The average molecular weight is 269 g/mol. The first-order valence-corrected chi connectivity index (χ1v) is 7.29. The first-order valence-electron chi connectivity index (χ1n) is 7.29. The third-order valence-electron chi connectivity index (χ3n) is 3.18. The topological polar surface area (TPSA) is 37.8 Å². The Morgan fingerprint density at radius 2 is 1.85 bits per heavy atom. The summed E-state index contributed by atoms with van der Waals surface area (Å²) in [5.41, 5.74) is 2.60. The molecule has 0 saturated carbocycles. The molecule has 0 radical (unpaired) electrons. The Morgan fingerprint density at radius 3 is 2.50 bits per heavy atom. The van der Waals surface area contributed by atoms with Gasteiger partial charge in [0.15, 0.2) is 0 Å². The normalized spacial score (nSPS) is 12.6. The van der Waals surface area contributed by atoms with E-state index in [1.54, 1.807) is 12.4 Å². The SMILES string of the molecule is CCNC(c1cccc(CC(C)C)c1)c1ncccn1. The summed E-state index contributed by atoms with van der Waals surface area (Å²) in [6, 6.07) is 10.6. The van der Waals surface area contributed by atoms with E-state index in [4.69, 9.17) is 0 Å². The van der Waals surface area contributed by atoms with Crippen LogP contribution in [0.1, 0.15) is 43.8 Å². The Balaban J connectivity index is 2.30. The molecule has 0 aliphatic carbocycles. The third kappa shape index (κ3) is 3.87. The molecule has 3 nitrogen and oxygen atoms in total. The molecule has 0 aliphatic heterocycles. The second-order valence-corrected chi connectivity index (χ2v) is 5.44. The number of benzene rings is 1. The molecule has 1 N–H and O–H groups in total. The van der Waals surface area contributed by atoms with Crippen LogP contribution in [-0.4, -0.2) is 16.5 Å². The van der Waals surface area contributed by atoms with Crippen LogP contribution >= 0.6 is 0 Å². The third-order valence-corrected chi connectivity index (χ3v) is 3.18. The number of hydrogen-bond donors (Lipinski definition) is 1. The summed E-state index contributed by atoms with van der Waals surface area (Å²) in [7, 11) is 0. The van der Waals surface area contributed by atoms with Crippen molar-refractivity contribution in [1.29, 1.82) is 0 Å². The summed E-state index contributed by atoms with van der Waals surface area (Å²) in [5, 5.41) is 3.47. The van der Waals surface area contributed by atoms with E-state index in [9.17, 15) is 0 Å². The summed E-state index contributed by atoms with van der Waals surface area (Å²) in [4.78, 5) is 8.78. The molecule has 1 aromatic carbocycles. The van der Waals surface area contributed by atoms with Crippen LogP contribution in [0.25, 0.3) is 0 Å². The predicted octanol–water partition coefficient (Wildman–Crippen LogP) is 3.37. The molecule has 1 unspecified atom stereocenters. The second kappa shape index (κ2) is 7.15. The second-order valence-electron chi connectivity index (χ2n) is 5.44. The van der Waals surface area contributed by atoms with Crippen LogP contribution in [0, 0.1) is 5.92 Å². The van der Waals surface area contributed by atoms with Crippen LogP contribution in [0.2, 0.25) is 0 Å². The number of rotatable bonds is 6. The number of nitrogens with one attached hydrogen (secondary N) is 1. The lowest BCUT2D eigenvalue weighted by Gasteiger charge is -2.18. The Labute approximate surface area is 121 Å². The van der Waals surface area contributed by atoms with Crippen LogP contribution < -0.4 is 5.32 Å². The highest BCUT2D eigenvalue weighted by Crippen LogP contribution is 2.21. The molecule has 0 aliphatic rings. The van der Waals surface area contributed by atoms with Gasteiger partial charge in [0.1, 0.15) is 5.82 Å². The van der Waals surface area contributed by atoms with Crippen LogP contribution in [0.4, 0.5) is 0 Å². The van der Waals surface area contributed by atoms with Crippen molar-refractivity contribution in [2.75, 3.05) is 6.54 Å². The maximum atomic E-state index is 4.39. The summed E-state index contributed by atoms with van der Waals surface area (Å²) in [6.45, 7) is 7.48. The number of aromatic nitrogens is 2. The van der Waals surface area contributed by atoms with Gasteiger partial charge in [-0.05, 0) is 36.1 Å². The van der Waals surface area contributed by atoms with Crippen molar-refractivity contribution in [2.24, 2.45) is 5.92 Å². The lowest BCUT2D eigenvalue weighted by molar-refractivity contribution is 0.594. The Morgan fingerprint density at radius 1 is 1.10 bits per heavy atom. The van der Waals surface area contributed by atoms with Crippen LogP contribution in [0.3, 0.4) is 0 Å². The zero-order valence-electron chi connectivity index (χ0n) is 12.5. The van der Waals surface area contributed by atoms with Gasteiger partial charge in [-0.3, -0.25) is 0 Å². The fourth-order valence-corrected chi connectivity index (χ4v) is 2.39. The molecule has 1 heterocycles. The van der Waals surface area contributed by atoms with E-state index in [0.717, 1.165) is 18.8 Å². The van der Waals surface area contributed by atoms with Crippen LogP contribution in [0.15, 0.2) is 42.7 Å². The molecule has 1 atom stereocenters. The summed E-state index contributed by atoms with van der Waals surface area (Å²) < 4.78 is 0. The Kier molecular flexibility index (Phi) is 5.24. The van der Waals surface area contributed by atoms with Gasteiger partial charge < -0.3 is 5.32 Å². The Bertz CT molecular complexity index is 523.